The Labute approximate surface area is 99.7 Å². The Morgan fingerprint density at radius 2 is 1.94 bits per heavy atom. The minimum absolute atomic E-state index is 1.07. The molecule has 1 aromatic carbocycles. The summed E-state index contributed by atoms with van der Waals surface area (Å²) in [5.74, 6) is 0. The topological polar surface area (TPSA) is 0 Å². The number of benzene rings is 1. The highest BCUT2D eigenvalue weighted by Gasteiger charge is 2.01. The Morgan fingerprint density at radius 3 is 2.69 bits per heavy atom. The van der Waals surface area contributed by atoms with E-state index >= 15 is 0 Å². The van der Waals surface area contributed by atoms with E-state index in [0.29, 0.717) is 0 Å². The summed E-state index contributed by atoms with van der Waals surface area (Å²) in [6.45, 7) is 6.23. The van der Waals surface area contributed by atoms with Crippen molar-refractivity contribution < 1.29 is 0 Å². The summed E-state index contributed by atoms with van der Waals surface area (Å²) in [6.07, 6.45) is 12.1. The predicted molar refractivity (Wildman–Crippen MR) is 73.7 cm³/mol. The maximum absolute atomic E-state index is 2.35. The van der Waals surface area contributed by atoms with Crippen molar-refractivity contribution >= 4 is 6.08 Å². The van der Waals surface area contributed by atoms with E-state index in [1.807, 2.05) is 13.8 Å². The molecule has 1 aromatic rings. The van der Waals surface area contributed by atoms with Crippen LogP contribution in [0.1, 0.15) is 43.9 Å². The lowest BCUT2D eigenvalue weighted by atomic mass is 10.00. The first-order valence-electron chi connectivity index (χ1n) is 6.35. The SMILES string of the molecule is CC.CCCc1ccc2c(c1)CC=CC=C2. The lowest BCUT2D eigenvalue weighted by Gasteiger charge is -2.05. The predicted octanol–water partition coefficient (Wildman–Crippen LogP) is 4.79. The van der Waals surface area contributed by atoms with Crippen molar-refractivity contribution in [1.82, 2.24) is 0 Å². The number of aryl methyl sites for hydroxylation is 1. The van der Waals surface area contributed by atoms with Gasteiger partial charge >= 0.3 is 0 Å². The third-order valence-corrected chi connectivity index (χ3v) is 2.61. The van der Waals surface area contributed by atoms with Crippen molar-refractivity contribution in [3.05, 3.63) is 53.1 Å². The molecule has 0 radical (unpaired) electrons. The van der Waals surface area contributed by atoms with Crippen molar-refractivity contribution in [2.45, 2.75) is 40.0 Å². The summed E-state index contributed by atoms with van der Waals surface area (Å²) in [5, 5.41) is 0. The zero-order valence-corrected chi connectivity index (χ0v) is 10.7. The second kappa shape index (κ2) is 7.05. The molecule has 0 N–H and O–H groups in total. The number of fused-ring (bicyclic) bond motifs is 1. The van der Waals surface area contributed by atoms with Crippen LogP contribution in [-0.2, 0) is 12.8 Å². The van der Waals surface area contributed by atoms with Gasteiger partial charge in [0.2, 0.25) is 0 Å². The quantitative estimate of drug-likeness (QED) is 0.664. The Bertz CT molecular complexity index is 370. The lowest BCUT2D eigenvalue weighted by molar-refractivity contribution is 0.918. The third kappa shape index (κ3) is 3.37. The fourth-order valence-electron chi connectivity index (χ4n) is 1.88. The molecular weight excluding hydrogens is 192 g/mol. The van der Waals surface area contributed by atoms with Gasteiger partial charge in [-0.1, -0.05) is 69.7 Å². The molecule has 0 unspecified atom stereocenters. The molecule has 0 nitrogen and oxygen atoms in total. The average Bonchev–Trinajstić information content (AvgIpc) is 2.57. The van der Waals surface area contributed by atoms with Gasteiger partial charge in [-0.3, -0.25) is 0 Å². The molecule has 0 heterocycles. The van der Waals surface area contributed by atoms with Crippen LogP contribution in [-0.4, -0.2) is 0 Å². The summed E-state index contributed by atoms with van der Waals surface area (Å²) < 4.78 is 0. The summed E-state index contributed by atoms with van der Waals surface area (Å²) in [5.41, 5.74) is 4.30. The van der Waals surface area contributed by atoms with E-state index in [9.17, 15) is 0 Å². The van der Waals surface area contributed by atoms with Crippen LogP contribution in [0.3, 0.4) is 0 Å². The first-order chi connectivity index (χ1) is 7.90. The van der Waals surface area contributed by atoms with Crippen LogP contribution in [0.2, 0.25) is 0 Å². The third-order valence-electron chi connectivity index (χ3n) is 2.61. The Balaban J connectivity index is 0.000000606. The van der Waals surface area contributed by atoms with Crippen molar-refractivity contribution in [2.24, 2.45) is 0 Å². The molecule has 1 aliphatic carbocycles. The summed E-state index contributed by atoms with van der Waals surface area (Å²) in [6, 6.07) is 6.83. The Kier molecular flexibility index (Phi) is 5.63. The van der Waals surface area contributed by atoms with Gasteiger partial charge in [-0.15, -0.1) is 0 Å². The molecule has 16 heavy (non-hydrogen) atoms. The zero-order valence-electron chi connectivity index (χ0n) is 10.7. The van der Waals surface area contributed by atoms with Crippen LogP contribution in [0.15, 0.2) is 36.4 Å². The van der Waals surface area contributed by atoms with Crippen molar-refractivity contribution in [2.75, 3.05) is 0 Å². The molecule has 1 aliphatic rings. The number of hydrogen-bond acceptors (Lipinski definition) is 0. The maximum Gasteiger partial charge on any atom is -0.00883 e. The normalized spacial score (nSPS) is 12.4. The molecule has 0 saturated heterocycles. The Morgan fingerprint density at radius 1 is 1.12 bits per heavy atom. The van der Waals surface area contributed by atoms with Crippen LogP contribution in [0, 0.1) is 0 Å². The lowest BCUT2D eigenvalue weighted by Crippen LogP contribution is -1.90. The van der Waals surface area contributed by atoms with Gasteiger partial charge < -0.3 is 0 Å². The molecule has 0 aliphatic heterocycles. The van der Waals surface area contributed by atoms with Gasteiger partial charge in [-0.2, -0.15) is 0 Å². The zero-order chi connectivity index (χ0) is 11.8. The van der Waals surface area contributed by atoms with Crippen molar-refractivity contribution in [1.29, 1.82) is 0 Å². The highest BCUT2D eigenvalue weighted by Crippen LogP contribution is 2.18. The molecule has 0 fully saturated rings. The fourth-order valence-corrected chi connectivity index (χ4v) is 1.88. The van der Waals surface area contributed by atoms with Crippen LogP contribution in [0.4, 0.5) is 0 Å². The molecule has 0 amide bonds. The molecule has 0 atom stereocenters. The molecule has 0 bridgehead atoms. The van der Waals surface area contributed by atoms with Crippen LogP contribution < -0.4 is 0 Å². The molecule has 0 spiro atoms. The minimum atomic E-state index is 1.07. The van der Waals surface area contributed by atoms with Crippen molar-refractivity contribution in [3.8, 4) is 0 Å². The summed E-state index contributed by atoms with van der Waals surface area (Å²) >= 11 is 0. The van der Waals surface area contributed by atoms with Crippen molar-refractivity contribution in [3.63, 3.8) is 0 Å². The standard InChI is InChI=1S/C14H16.C2H6/c1-2-6-12-9-10-13-7-4-3-5-8-14(13)11-12;1-2/h3-5,7,9-11H,2,6,8H2,1H3;1-2H3. The van der Waals surface area contributed by atoms with E-state index in [2.05, 4.69) is 49.4 Å². The van der Waals surface area contributed by atoms with E-state index in [-0.39, 0.29) is 0 Å². The van der Waals surface area contributed by atoms with Crippen LogP contribution in [0.25, 0.3) is 6.08 Å². The number of hydrogen-bond donors (Lipinski definition) is 0. The monoisotopic (exact) mass is 214 g/mol. The highest BCUT2D eigenvalue weighted by molar-refractivity contribution is 5.58. The van der Waals surface area contributed by atoms with Gasteiger partial charge in [0.15, 0.2) is 0 Å². The van der Waals surface area contributed by atoms with Crippen LogP contribution in [0.5, 0.6) is 0 Å². The Hall–Kier alpha value is -1.30. The molecule has 0 heteroatoms. The fraction of sp³-hybridized carbons (Fsp3) is 0.375. The molecule has 2 rings (SSSR count). The van der Waals surface area contributed by atoms with Crippen LogP contribution >= 0.6 is 0 Å². The van der Waals surface area contributed by atoms with Gasteiger partial charge in [-0.05, 0) is 29.5 Å². The first kappa shape index (κ1) is 12.8. The largest absolute Gasteiger partial charge is 0.0801 e. The number of rotatable bonds is 2. The molecule has 0 aromatic heterocycles. The molecule has 86 valence electrons. The van der Waals surface area contributed by atoms with Gasteiger partial charge in [0, 0.05) is 0 Å². The minimum Gasteiger partial charge on any atom is -0.0801 e. The first-order valence-corrected chi connectivity index (χ1v) is 6.35. The average molecular weight is 214 g/mol. The molecular formula is C16H22. The van der Waals surface area contributed by atoms with E-state index < -0.39 is 0 Å². The second-order valence-corrected chi connectivity index (χ2v) is 3.77. The van der Waals surface area contributed by atoms with Gasteiger partial charge in [0.05, 0.1) is 0 Å². The number of allylic oxidation sites excluding steroid dienone is 3. The van der Waals surface area contributed by atoms with E-state index in [4.69, 9.17) is 0 Å². The second-order valence-electron chi connectivity index (χ2n) is 3.77. The van der Waals surface area contributed by atoms with Gasteiger partial charge in [0.25, 0.3) is 0 Å². The molecule has 0 saturated carbocycles. The van der Waals surface area contributed by atoms with E-state index in [1.165, 1.54) is 29.5 Å². The van der Waals surface area contributed by atoms with E-state index in [0.717, 1.165) is 6.42 Å². The van der Waals surface area contributed by atoms with Gasteiger partial charge in [0.1, 0.15) is 0 Å². The van der Waals surface area contributed by atoms with Gasteiger partial charge in [-0.25, -0.2) is 0 Å². The van der Waals surface area contributed by atoms with E-state index in [1.54, 1.807) is 0 Å². The maximum atomic E-state index is 2.35. The summed E-state index contributed by atoms with van der Waals surface area (Å²) in [7, 11) is 0. The smallest absolute Gasteiger partial charge is 0.00883 e. The summed E-state index contributed by atoms with van der Waals surface area (Å²) in [4.78, 5) is 0. The highest BCUT2D eigenvalue weighted by atomic mass is 14.1.